The summed E-state index contributed by atoms with van der Waals surface area (Å²) in [5.41, 5.74) is 2.85. The Bertz CT molecular complexity index is 784. The SMILES string of the molecule is CC1(C)COC(c2cc(-c3ccc(C#N)cc3)ccc2O)=N1. The number of phenolic OH excluding ortho intramolecular Hbond substituents is 1. The smallest absolute Gasteiger partial charge is 0.220 e. The number of nitrogens with zero attached hydrogens (tertiary/aromatic N) is 2. The van der Waals surface area contributed by atoms with Crippen LogP contribution in [0.3, 0.4) is 0 Å². The molecule has 0 unspecified atom stereocenters. The van der Waals surface area contributed by atoms with E-state index in [0.29, 0.717) is 23.6 Å². The molecule has 22 heavy (non-hydrogen) atoms. The molecular weight excluding hydrogens is 276 g/mol. The second-order valence-corrected chi connectivity index (χ2v) is 5.94. The molecular formula is C18H16N2O2. The van der Waals surface area contributed by atoms with Gasteiger partial charge in [-0.25, -0.2) is 4.99 Å². The Labute approximate surface area is 129 Å². The van der Waals surface area contributed by atoms with Gasteiger partial charge < -0.3 is 9.84 Å². The summed E-state index contributed by atoms with van der Waals surface area (Å²) in [5, 5.41) is 18.9. The summed E-state index contributed by atoms with van der Waals surface area (Å²) >= 11 is 0. The fourth-order valence-electron chi connectivity index (χ4n) is 2.35. The fraction of sp³-hybridized carbons (Fsp3) is 0.222. The van der Waals surface area contributed by atoms with Crippen LogP contribution in [-0.2, 0) is 4.74 Å². The summed E-state index contributed by atoms with van der Waals surface area (Å²) in [7, 11) is 0. The van der Waals surface area contributed by atoms with Gasteiger partial charge in [0.05, 0.1) is 22.7 Å². The van der Waals surface area contributed by atoms with E-state index in [1.807, 2.05) is 38.1 Å². The third kappa shape index (κ3) is 2.66. The van der Waals surface area contributed by atoms with Gasteiger partial charge in [-0.3, -0.25) is 0 Å². The molecule has 0 atom stereocenters. The van der Waals surface area contributed by atoms with Gasteiger partial charge in [-0.2, -0.15) is 5.26 Å². The van der Waals surface area contributed by atoms with E-state index >= 15 is 0 Å². The van der Waals surface area contributed by atoms with Crippen LogP contribution >= 0.6 is 0 Å². The molecule has 1 heterocycles. The number of ether oxygens (including phenoxy) is 1. The van der Waals surface area contributed by atoms with Crippen LogP contribution in [-0.4, -0.2) is 23.2 Å². The zero-order valence-electron chi connectivity index (χ0n) is 12.5. The number of nitriles is 1. The first-order valence-corrected chi connectivity index (χ1v) is 7.05. The van der Waals surface area contributed by atoms with Crippen molar-refractivity contribution >= 4 is 5.90 Å². The number of rotatable bonds is 2. The molecule has 2 aromatic rings. The van der Waals surface area contributed by atoms with Crippen molar-refractivity contribution in [1.82, 2.24) is 0 Å². The molecule has 3 rings (SSSR count). The average molecular weight is 292 g/mol. The van der Waals surface area contributed by atoms with Crippen LogP contribution in [0.25, 0.3) is 11.1 Å². The first-order valence-electron chi connectivity index (χ1n) is 7.05. The molecule has 0 saturated carbocycles. The predicted octanol–water partition coefficient (Wildman–Crippen LogP) is 3.49. The van der Waals surface area contributed by atoms with E-state index in [1.54, 1.807) is 18.2 Å². The number of benzene rings is 2. The Morgan fingerprint density at radius 2 is 1.82 bits per heavy atom. The summed E-state index contributed by atoms with van der Waals surface area (Å²) in [6, 6.07) is 14.7. The average Bonchev–Trinajstić information content (AvgIpc) is 2.88. The van der Waals surface area contributed by atoms with E-state index in [1.165, 1.54) is 0 Å². The van der Waals surface area contributed by atoms with E-state index in [0.717, 1.165) is 11.1 Å². The lowest BCUT2D eigenvalue weighted by Gasteiger charge is -2.08. The lowest BCUT2D eigenvalue weighted by Crippen LogP contribution is -2.17. The van der Waals surface area contributed by atoms with Gasteiger partial charge >= 0.3 is 0 Å². The molecule has 0 bridgehead atoms. The van der Waals surface area contributed by atoms with Crippen LogP contribution in [0.1, 0.15) is 25.0 Å². The highest BCUT2D eigenvalue weighted by molar-refractivity contribution is 5.99. The van der Waals surface area contributed by atoms with Crippen LogP contribution in [0.5, 0.6) is 5.75 Å². The standard InChI is InChI=1S/C18H16N2O2/c1-18(2)11-22-17(20-18)15-9-14(7-8-16(15)21)13-5-3-12(10-19)4-6-13/h3-9,21H,11H2,1-2H3. The van der Waals surface area contributed by atoms with Crippen molar-refractivity contribution in [2.75, 3.05) is 6.61 Å². The molecule has 4 heteroatoms. The predicted molar refractivity (Wildman–Crippen MR) is 84.8 cm³/mol. The third-order valence-corrected chi connectivity index (χ3v) is 3.54. The summed E-state index contributed by atoms with van der Waals surface area (Å²) in [6.07, 6.45) is 0. The van der Waals surface area contributed by atoms with Gasteiger partial charge in [0.1, 0.15) is 12.4 Å². The largest absolute Gasteiger partial charge is 0.507 e. The van der Waals surface area contributed by atoms with Gasteiger partial charge in [-0.15, -0.1) is 0 Å². The lowest BCUT2D eigenvalue weighted by atomic mass is 10.0. The molecule has 1 aliphatic heterocycles. The maximum atomic E-state index is 10.1. The van der Waals surface area contributed by atoms with Gasteiger partial charge in [-0.1, -0.05) is 18.2 Å². The zero-order chi connectivity index (χ0) is 15.7. The Kier molecular flexibility index (Phi) is 3.34. The summed E-state index contributed by atoms with van der Waals surface area (Å²) in [5.74, 6) is 0.617. The molecule has 0 radical (unpaired) electrons. The van der Waals surface area contributed by atoms with Crippen molar-refractivity contribution in [3.63, 3.8) is 0 Å². The lowest BCUT2D eigenvalue weighted by molar-refractivity contribution is 0.279. The molecule has 1 N–H and O–H groups in total. The van der Waals surface area contributed by atoms with Crippen molar-refractivity contribution in [2.24, 2.45) is 4.99 Å². The minimum absolute atomic E-state index is 0.147. The molecule has 2 aromatic carbocycles. The third-order valence-electron chi connectivity index (χ3n) is 3.54. The van der Waals surface area contributed by atoms with E-state index < -0.39 is 0 Å². The van der Waals surface area contributed by atoms with E-state index in [9.17, 15) is 5.11 Å². The monoisotopic (exact) mass is 292 g/mol. The van der Waals surface area contributed by atoms with Gasteiger partial charge in [0.2, 0.25) is 5.90 Å². The Hall–Kier alpha value is -2.80. The summed E-state index contributed by atoms with van der Waals surface area (Å²) in [6.45, 7) is 4.48. The van der Waals surface area contributed by atoms with Crippen molar-refractivity contribution in [3.8, 4) is 22.9 Å². The fourth-order valence-corrected chi connectivity index (χ4v) is 2.35. The van der Waals surface area contributed by atoms with Crippen LogP contribution in [0.2, 0.25) is 0 Å². The number of hydrogen-bond acceptors (Lipinski definition) is 4. The van der Waals surface area contributed by atoms with Crippen LogP contribution < -0.4 is 0 Å². The molecule has 1 aliphatic rings. The van der Waals surface area contributed by atoms with Gasteiger partial charge in [-0.05, 0) is 49.2 Å². The Morgan fingerprint density at radius 1 is 1.14 bits per heavy atom. The number of aliphatic imine (C=N–C) groups is 1. The maximum Gasteiger partial charge on any atom is 0.220 e. The Balaban J connectivity index is 2.01. The highest BCUT2D eigenvalue weighted by atomic mass is 16.5. The van der Waals surface area contributed by atoms with Crippen LogP contribution in [0, 0.1) is 11.3 Å². The molecule has 0 fully saturated rings. The van der Waals surface area contributed by atoms with Crippen molar-refractivity contribution in [1.29, 1.82) is 5.26 Å². The summed E-state index contributed by atoms with van der Waals surface area (Å²) in [4.78, 5) is 4.51. The second-order valence-electron chi connectivity index (χ2n) is 5.94. The van der Waals surface area contributed by atoms with Gasteiger partial charge in [0.15, 0.2) is 0 Å². The second kappa shape index (κ2) is 5.19. The minimum atomic E-state index is -0.272. The van der Waals surface area contributed by atoms with E-state index in [2.05, 4.69) is 11.1 Å². The highest BCUT2D eigenvalue weighted by Gasteiger charge is 2.28. The topological polar surface area (TPSA) is 65.6 Å². The minimum Gasteiger partial charge on any atom is -0.507 e. The molecule has 0 spiro atoms. The van der Waals surface area contributed by atoms with Crippen LogP contribution in [0.15, 0.2) is 47.5 Å². The molecule has 0 saturated heterocycles. The van der Waals surface area contributed by atoms with E-state index in [-0.39, 0.29) is 11.3 Å². The quantitative estimate of drug-likeness (QED) is 0.921. The van der Waals surface area contributed by atoms with Crippen molar-refractivity contribution in [2.45, 2.75) is 19.4 Å². The molecule has 0 aliphatic carbocycles. The highest BCUT2D eigenvalue weighted by Crippen LogP contribution is 2.30. The van der Waals surface area contributed by atoms with E-state index in [4.69, 9.17) is 10.00 Å². The first kappa shape index (κ1) is 14.2. The molecule has 110 valence electrons. The molecule has 0 aromatic heterocycles. The Morgan fingerprint density at radius 3 is 2.41 bits per heavy atom. The van der Waals surface area contributed by atoms with Crippen molar-refractivity contribution < 1.29 is 9.84 Å². The van der Waals surface area contributed by atoms with Gasteiger partial charge in [0, 0.05) is 0 Å². The first-order chi connectivity index (χ1) is 10.5. The number of hydrogen-bond donors (Lipinski definition) is 1. The molecule has 4 nitrogen and oxygen atoms in total. The maximum absolute atomic E-state index is 10.1. The molecule has 0 amide bonds. The van der Waals surface area contributed by atoms with Gasteiger partial charge in [0.25, 0.3) is 0 Å². The summed E-state index contributed by atoms with van der Waals surface area (Å²) < 4.78 is 5.61. The number of aromatic hydroxyl groups is 1. The van der Waals surface area contributed by atoms with Crippen LogP contribution in [0.4, 0.5) is 0 Å². The normalized spacial score (nSPS) is 15.8. The van der Waals surface area contributed by atoms with Crippen molar-refractivity contribution in [3.05, 3.63) is 53.6 Å². The number of phenols is 1. The zero-order valence-corrected chi connectivity index (χ0v) is 12.5.